The Morgan fingerprint density at radius 1 is 1.38 bits per heavy atom. The Morgan fingerprint density at radius 3 is 3.05 bits per heavy atom. The van der Waals surface area contributed by atoms with Crippen LogP contribution in [0.2, 0.25) is 5.02 Å². The van der Waals surface area contributed by atoms with Crippen LogP contribution in [0.4, 0.5) is 0 Å². The Labute approximate surface area is 129 Å². The van der Waals surface area contributed by atoms with E-state index in [4.69, 9.17) is 16.6 Å². The largest absolute Gasteiger partial charge is 0.352 e. The zero-order chi connectivity index (χ0) is 14.8. The standard InChI is InChI=1S/C17H19ClN2O/c1-2-3-9-19-17(21)11-7-8-13-15(10-11)20-14-6-4-5-12(14)16(13)18/h7-8,10H,2-6,9H2,1H3,(H,19,21). The van der Waals surface area contributed by atoms with E-state index in [1.807, 2.05) is 18.2 Å². The van der Waals surface area contributed by atoms with Crippen LogP contribution in [0, 0.1) is 0 Å². The molecule has 0 spiro atoms. The number of rotatable bonds is 4. The minimum absolute atomic E-state index is 0.0382. The van der Waals surface area contributed by atoms with Crippen molar-refractivity contribution in [1.82, 2.24) is 10.3 Å². The molecule has 0 unspecified atom stereocenters. The van der Waals surface area contributed by atoms with Crippen molar-refractivity contribution in [2.24, 2.45) is 0 Å². The zero-order valence-corrected chi connectivity index (χ0v) is 13.0. The molecule has 110 valence electrons. The summed E-state index contributed by atoms with van der Waals surface area (Å²) in [4.78, 5) is 16.8. The van der Waals surface area contributed by atoms with Crippen molar-refractivity contribution in [3.63, 3.8) is 0 Å². The number of amides is 1. The monoisotopic (exact) mass is 302 g/mol. The van der Waals surface area contributed by atoms with E-state index in [1.54, 1.807) is 0 Å². The van der Waals surface area contributed by atoms with E-state index < -0.39 is 0 Å². The zero-order valence-electron chi connectivity index (χ0n) is 12.2. The summed E-state index contributed by atoms with van der Waals surface area (Å²) in [5.74, 6) is -0.0382. The molecule has 1 amide bonds. The van der Waals surface area contributed by atoms with Crippen LogP contribution in [-0.4, -0.2) is 17.4 Å². The molecule has 0 saturated heterocycles. The summed E-state index contributed by atoms with van der Waals surface area (Å²) in [6, 6.07) is 5.59. The van der Waals surface area contributed by atoms with Gasteiger partial charge in [-0.1, -0.05) is 31.0 Å². The molecule has 1 heterocycles. The van der Waals surface area contributed by atoms with Gasteiger partial charge in [0, 0.05) is 23.2 Å². The second kappa shape index (κ2) is 6.02. The maximum atomic E-state index is 12.1. The Balaban J connectivity index is 1.93. The minimum atomic E-state index is -0.0382. The van der Waals surface area contributed by atoms with Crippen molar-refractivity contribution in [3.8, 4) is 0 Å². The molecule has 0 fully saturated rings. The third-order valence-electron chi connectivity index (χ3n) is 4.02. The Morgan fingerprint density at radius 2 is 2.24 bits per heavy atom. The average Bonchev–Trinajstić information content (AvgIpc) is 2.95. The second-order valence-corrected chi connectivity index (χ2v) is 5.92. The van der Waals surface area contributed by atoms with Crippen LogP contribution < -0.4 is 5.32 Å². The smallest absolute Gasteiger partial charge is 0.251 e. The van der Waals surface area contributed by atoms with E-state index in [2.05, 4.69) is 12.2 Å². The number of pyridine rings is 1. The quantitative estimate of drug-likeness (QED) is 0.870. The summed E-state index contributed by atoms with van der Waals surface area (Å²) >= 11 is 6.48. The number of unbranched alkanes of at least 4 members (excludes halogenated alkanes) is 1. The van der Waals surface area contributed by atoms with E-state index in [0.717, 1.165) is 53.7 Å². The number of benzene rings is 1. The molecular weight excluding hydrogens is 284 g/mol. The molecule has 21 heavy (non-hydrogen) atoms. The lowest BCUT2D eigenvalue weighted by atomic mass is 10.1. The first-order valence-corrected chi connectivity index (χ1v) is 7.97. The van der Waals surface area contributed by atoms with Crippen molar-refractivity contribution >= 4 is 28.4 Å². The third kappa shape index (κ3) is 2.75. The second-order valence-electron chi connectivity index (χ2n) is 5.55. The van der Waals surface area contributed by atoms with E-state index in [1.165, 1.54) is 5.56 Å². The fraction of sp³-hybridized carbons (Fsp3) is 0.412. The molecule has 1 aromatic heterocycles. The van der Waals surface area contributed by atoms with Crippen molar-refractivity contribution in [1.29, 1.82) is 0 Å². The van der Waals surface area contributed by atoms with Gasteiger partial charge in [-0.15, -0.1) is 0 Å². The maximum absolute atomic E-state index is 12.1. The van der Waals surface area contributed by atoms with Crippen LogP contribution >= 0.6 is 11.6 Å². The highest BCUT2D eigenvalue weighted by Gasteiger charge is 2.19. The van der Waals surface area contributed by atoms with Gasteiger partial charge in [0.2, 0.25) is 0 Å². The Hall–Kier alpha value is -1.61. The Bertz CT molecular complexity index is 697. The van der Waals surface area contributed by atoms with Gasteiger partial charge in [0.05, 0.1) is 10.5 Å². The molecule has 1 aliphatic rings. The lowest BCUT2D eigenvalue weighted by molar-refractivity contribution is 0.0953. The summed E-state index contributed by atoms with van der Waals surface area (Å²) < 4.78 is 0. The number of hydrogen-bond acceptors (Lipinski definition) is 2. The van der Waals surface area contributed by atoms with Crippen molar-refractivity contribution in [2.75, 3.05) is 6.54 Å². The van der Waals surface area contributed by atoms with Crippen LogP contribution in [0.3, 0.4) is 0 Å². The molecule has 4 heteroatoms. The number of halogens is 1. The van der Waals surface area contributed by atoms with Crippen molar-refractivity contribution < 1.29 is 4.79 Å². The van der Waals surface area contributed by atoms with Gasteiger partial charge in [0.1, 0.15) is 0 Å². The third-order valence-corrected chi connectivity index (χ3v) is 4.45. The molecule has 0 saturated carbocycles. The summed E-state index contributed by atoms with van der Waals surface area (Å²) in [6.07, 6.45) is 5.18. The number of carbonyl (C=O) groups excluding carboxylic acids is 1. The van der Waals surface area contributed by atoms with E-state index >= 15 is 0 Å². The van der Waals surface area contributed by atoms with Crippen LogP contribution in [0.1, 0.15) is 47.8 Å². The molecule has 3 rings (SSSR count). The van der Waals surface area contributed by atoms with Gasteiger partial charge in [-0.05, 0) is 43.4 Å². The van der Waals surface area contributed by atoms with Gasteiger partial charge in [-0.2, -0.15) is 0 Å². The number of nitrogens with one attached hydrogen (secondary N) is 1. The SMILES string of the molecule is CCCCNC(=O)c1ccc2c(Cl)c3c(nc2c1)CCC3. The van der Waals surface area contributed by atoms with Crippen LogP contribution in [0.15, 0.2) is 18.2 Å². The average molecular weight is 303 g/mol. The topological polar surface area (TPSA) is 42.0 Å². The first kappa shape index (κ1) is 14.3. The predicted octanol–water partition coefficient (Wildman–Crippen LogP) is 3.91. The number of fused-ring (bicyclic) bond motifs is 2. The highest BCUT2D eigenvalue weighted by atomic mass is 35.5. The first-order valence-electron chi connectivity index (χ1n) is 7.60. The molecule has 2 aromatic rings. The van der Waals surface area contributed by atoms with E-state index in [9.17, 15) is 4.79 Å². The number of nitrogens with zero attached hydrogens (tertiary/aromatic N) is 1. The normalized spacial score (nSPS) is 13.4. The molecule has 0 bridgehead atoms. The molecule has 1 N–H and O–H groups in total. The van der Waals surface area contributed by atoms with E-state index in [-0.39, 0.29) is 5.91 Å². The molecule has 1 aromatic carbocycles. The molecular formula is C17H19ClN2O. The van der Waals surface area contributed by atoms with Gasteiger partial charge in [-0.25, -0.2) is 0 Å². The summed E-state index contributed by atoms with van der Waals surface area (Å²) in [6.45, 7) is 2.82. The Kier molecular flexibility index (Phi) is 4.11. The molecule has 3 nitrogen and oxygen atoms in total. The number of carbonyl (C=O) groups is 1. The van der Waals surface area contributed by atoms with Gasteiger partial charge in [-0.3, -0.25) is 9.78 Å². The fourth-order valence-electron chi connectivity index (χ4n) is 2.83. The van der Waals surface area contributed by atoms with E-state index in [0.29, 0.717) is 12.1 Å². The maximum Gasteiger partial charge on any atom is 0.251 e. The number of hydrogen-bond donors (Lipinski definition) is 1. The molecule has 0 radical (unpaired) electrons. The van der Waals surface area contributed by atoms with Crippen molar-refractivity contribution in [3.05, 3.63) is 40.0 Å². The highest BCUT2D eigenvalue weighted by molar-refractivity contribution is 6.36. The fourth-order valence-corrected chi connectivity index (χ4v) is 3.19. The highest BCUT2D eigenvalue weighted by Crippen LogP contribution is 2.33. The van der Waals surface area contributed by atoms with Gasteiger partial charge in [0.25, 0.3) is 5.91 Å². The van der Waals surface area contributed by atoms with Crippen molar-refractivity contribution in [2.45, 2.75) is 39.0 Å². The minimum Gasteiger partial charge on any atom is -0.352 e. The first-order chi connectivity index (χ1) is 10.2. The van der Waals surface area contributed by atoms with Gasteiger partial charge >= 0.3 is 0 Å². The summed E-state index contributed by atoms with van der Waals surface area (Å²) in [7, 11) is 0. The number of aryl methyl sites for hydroxylation is 1. The number of aromatic nitrogens is 1. The van der Waals surface area contributed by atoms with Crippen LogP contribution in [-0.2, 0) is 12.8 Å². The van der Waals surface area contributed by atoms with Gasteiger partial charge < -0.3 is 5.32 Å². The molecule has 0 atom stereocenters. The predicted molar refractivity (Wildman–Crippen MR) is 86.0 cm³/mol. The lowest BCUT2D eigenvalue weighted by Crippen LogP contribution is -2.24. The van der Waals surface area contributed by atoms with Crippen LogP contribution in [0.25, 0.3) is 10.9 Å². The molecule has 0 aliphatic heterocycles. The molecule has 1 aliphatic carbocycles. The van der Waals surface area contributed by atoms with Crippen LogP contribution in [0.5, 0.6) is 0 Å². The lowest BCUT2D eigenvalue weighted by Gasteiger charge is -2.09. The summed E-state index contributed by atoms with van der Waals surface area (Å²) in [5, 5.41) is 4.69. The van der Waals surface area contributed by atoms with Gasteiger partial charge in [0.15, 0.2) is 0 Å². The summed E-state index contributed by atoms with van der Waals surface area (Å²) in [5.41, 5.74) is 3.75.